The summed E-state index contributed by atoms with van der Waals surface area (Å²) in [7, 11) is -9.50. The lowest BCUT2D eigenvalue weighted by atomic mass is 10.1. The minimum Gasteiger partial charge on any atom is -0.387 e. The first-order valence-corrected chi connectivity index (χ1v) is 21.6. The highest BCUT2D eigenvalue weighted by atomic mass is 32.5. The number of ether oxygens (including phenoxy) is 3. The van der Waals surface area contributed by atoms with E-state index in [2.05, 4.69) is 50.0 Å². The predicted octanol–water partition coefficient (Wildman–Crippen LogP) is -2.80. The van der Waals surface area contributed by atoms with E-state index in [0.717, 1.165) is 6.33 Å². The topological polar surface area (TPSA) is 397 Å². The molecule has 0 amide bonds. The van der Waals surface area contributed by atoms with Gasteiger partial charge in [-0.1, -0.05) is 0 Å². The van der Waals surface area contributed by atoms with Crippen LogP contribution in [0.5, 0.6) is 0 Å². The highest BCUT2D eigenvalue weighted by Gasteiger charge is 2.50. The Morgan fingerprint density at radius 1 is 0.946 bits per heavy atom. The summed E-state index contributed by atoms with van der Waals surface area (Å²) in [5.41, 5.74) is 9.99. The number of aromatic nitrogens is 6. The maximum Gasteiger partial charge on any atom is 0.506 e. The number of hydrogen-bond acceptors (Lipinski definition) is 23. The molecular formula is C24H37N10O18P3S. The van der Waals surface area contributed by atoms with Crippen LogP contribution in [0.4, 0.5) is 23.4 Å². The van der Waals surface area contributed by atoms with Gasteiger partial charge in [0.2, 0.25) is 11.9 Å². The van der Waals surface area contributed by atoms with Gasteiger partial charge in [0, 0.05) is 7.05 Å². The first-order valence-electron chi connectivity index (χ1n) is 16.0. The number of nitrogens with one attached hydrogen (secondary N) is 2. The summed E-state index contributed by atoms with van der Waals surface area (Å²) >= 11 is 4.59. The lowest BCUT2D eigenvalue weighted by Crippen LogP contribution is -2.45. The number of aromatic amines is 2. The second-order valence-corrected chi connectivity index (χ2v) is 18.6. The van der Waals surface area contributed by atoms with Crippen molar-refractivity contribution in [3.8, 4) is 0 Å². The smallest absolute Gasteiger partial charge is 0.387 e. The number of aliphatic hydroxyl groups is 3. The number of nitrogens with zero attached hydrogens (tertiary/aromatic N) is 6. The monoisotopic (exact) mass is 878 g/mol. The zero-order chi connectivity index (χ0) is 41.1. The average molecular weight is 879 g/mol. The van der Waals surface area contributed by atoms with Gasteiger partial charge in [-0.25, -0.2) is 27.6 Å². The lowest BCUT2D eigenvalue weighted by Gasteiger charge is -2.27. The Hall–Kier alpha value is -3.02. The fourth-order valence-electron chi connectivity index (χ4n) is 6.05. The number of fused-ring (bicyclic) bond motifs is 2. The van der Waals surface area contributed by atoms with E-state index in [9.17, 15) is 48.7 Å². The molecule has 3 aliphatic heterocycles. The molecule has 0 saturated carbocycles. The molecule has 3 aromatic heterocycles. The van der Waals surface area contributed by atoms with Crippen LogP contribution in [-0.4, -0.2) is 135 Å². The number of phosphoric ester groups is 1. The van der Waals surface area contributed by atoms with Crippen LogP contribution in [0.3, 0.4) is 0 Å². The van der Waals surface area contributed by atoms with E-state index < -0.39 is 102 Å². The molecule has 2 fully saturated rings. The van der Waals surface area contributed by atoms with Gasteiger partial charge in [-0.05, 0) is 25.7 Å². The van der Waals surface area contributed by atoms with Crippen molar-refractivity contribution in [2.24, 2.45) is 0 Å². The maximum atomic E-state index is 12.7. The predicted molar refractivity (Wildman–Crippen MR) is 189 cm³/mol. The SMILES string of the molecule is CC(C)OC1[C@@H](COOP(=O)(O)OP(O)(=S)OP(=O)(O)OC[C@H]2O[C@@H](N3CN(C)c4c3nc(N)[nH]c4=O)C(O)[C@H]2O)O[C@@H](n2cnc3c(=O)[nH]c(N)nc32)[C@H]1O. The van der Waals surface area contributed by atoms with Crippen LogP contribution in [-0.2, 0) is 57.9 Å². The molecule has 0 aromatic carbocycles. The minimum absolute atomic E-state index is 0.0207. The summed E-state index contributed by atoms with van der Waals surface area (Å²) in [4.78, 5) is 79.6. The summed E-state index contributed by atoms with van der Waals surface area (Å²) in [6, 6.07) is 0. The number of aliphatic hydroxyl groups excluding tert-OH is 3. The second-order valence-electron chi connectivity index (χ2n) is 12.7. The largest absolute Gasteiger partial charge is 0.506 e. The van der Waals surface area contributed by atoms with Crippen molar-refractivity contribution in [3.05, 3.63) is 27.0 Å². The number of phosphoric acid groups is 2. The summed E-state index contributed by atoms with van der Waals surface area (Å²) in [6.07, 6.45) is -10.8. The fraction of sp³-hybridized carbons (Fsp3) is 0.625. The van der Waals surface area contributed by atoms with Gasteiger partial charge >= 0.3 is 22.4 Å². The Labute approximate surface area is 318 Å². The zero-order valence-corrected chi connectivity index (χ0v) is 32.6. The maximum absolute atomic E-state index is 12.7. The third-order valence-electron chi connectivity index (χ3n) is 8.21. The molecule has 0 aliphatic carbocycles. The summed E-state index contributed by atoms with van der Waals surface area (Å²) < 4.78 is 61.7. The second kappa shape index (κ2) is 16.0. The average Bonchev–Trinajstić information content (AvgIpc) is 3.78. The highest BCUT2D eigenvalue weighted by molar-refractivity contribution is 8.09. The fourth-order valence-corrected chi connectivity index (χ4v) is 10.9. The summed E-state index contributed by atoms with van der Waals surface area (Å²) in [6.45, 7) is -3.65. The van der Waals surface area contributed by atoms with Crippen molar-refractivity contribution in [1.82, 2.24) is 29.5 Å². The van der Waals surface area contributed by atoms with Crippen molar-refractivity contribution in [3.63, 3.8) is 0 Å². The number of H-pyrrole nitrogens is 2. The van der Waals surface area contributed by atoms with E-state index in [1.807, 2.05) is 0 Å². The molecular weight excluding hydrogens is 841 g/mol. The molecule has 5 unspecified atom stereocenters. The molecule has 0 spiro atoms. The van der Waals surface area contributed by atoms with Gasteiger partial charge in [-0.15, -0.1) is 4.67 Å². The van der Waals surface area contributed by atoms with Crippen molar-refractivity contribution in [2.75, 3.05) is 48.2 Å². The van der Waals surface area contributed by atoms with Crippen LogP contribution in [0.1, 0.15) is 20.1 Å². The Balaban J connectivity index is 1.03. The Kier molecular flexibility index (Phi) is 12.1. The van der Waals surface area contributed by atoms with E-state index in [-0.39, 0.29) is 41.2 Å². The van der Waals surface area contributed by atoms with Gasteiger partial charge in [0.05, 0.1) is 25.7 Å². The molecule has 3 aliphatic rings. The van der Waals surface area contributed by atoms with Gasteiger partial charge in [0.25, 0.3) is 11.1 Å². The van der Waals surface area contributed by atoms with Crippen molar-refractivity contribution >= 4 is 68.7 Å². The zero-order valence-electron chi connectivity index (χ0n) is 29.1. The molecule has 28 nitrogen and oxygen atoms in total. The van der Waals surface area contributed by atoms with E-state index in [1.54, 1.807) is 20.9 Å². The summed E-state index contributed by atoms with van der Waals surface area (Å²) in [5.74, 6) is -0.459. The van der Waals surface area contributed by atoms with Crippen molar-refractivity contribution in [1.29, 1.82) is 0 Å². The molecule has 0 bridgehead atoms. The number of imidazole rings is 1. The molecule has 11 atom stereocenters. The number of hydrogen-bond donors (Lipinski definition) is 10. The first kappa shape index (κ1) is 42.6. The van der Waals surface area contributed by atoms with Gasteiger partial charge in [-0.2, -0.15) is 9.97 Å². The molecule has 32 heteroatoms. The molecule has 12 N–H and O–H groups in total. The summed E-state index contributed by atoms with van der Waals surface area (Å²) in [5, 5.41) is 32.4. The van der Waals surface area contributed by atoms with Crippen LogP contribution >= 0.6 is 22.4 Å². The third kappa shape index (κ3) is 9.00. The quantitative estimate of drug-likeness (QED) is 0.0418. The normalized spacial score (nSPS) is 29.8. The van der Waals surface area contributed by atoms with E-state index in [0.29, 0.717) is 0 Å². The number of anilines is 4. The highest BCUT2D eigenvalue weighted by Crippen LogP contribution is 2.68. The van der Waals surface area contributed by atoms with Gasteiger partial charge in [0.15, 0.2) is 29.4 Å². The Morgan fingerprint density at radius 3 is 2.29 bits per heavy atom. The number of nitrogen functional groups attached to an aromatic ring is 2. The van der Waals surface area contributed by atoms with Gasteiger partial charge < -0.3 is 65.5 Å². The molecule has 0 radical (unpaired) electrons. The van der Waals surface area contributed by atoms with Crippen LogP contribution in [0, 0.1) is 0 Å². The number of rotatable bonds is 15. The standard InChI is InChI=1S/C24H37N10O18P3S/c1-8(2)47-16-10(49-22(15(16)37)33-6-27-11-17(33)28-23(25)30-19(11)38)4-45-50-54(42,43)52-55(44,56)51-53(40,41)46-5-9-13(35)14(36)21(48-9)34-7-32(3)12-18(34)29-24(26)31-20(12)39/h6,8-10,13-16,21-22,35-37H,4-5,7H2,1-3H3,(H,40,41)(H,42,43)(H,44,56)(H3,25,28,30,38)(H3,26,29,31,39)/t9-,10-,13+,14?,15+,16?,21-,22-,55?/m1/s1. The van der Waals surface area contributed by atoms with Crippen molar-refractivity contribution in [2.45, 2.75) is 69.0 Å². The van der Waals surface area contributed by atoms with Crippen LogP contribution in [0.25, 0.3) is 11.2 Å². The van der Waals surface area contributed by atoms with Crippen LogP contribution < -0.4 is 32.4 Å². The van der Waals surface area contributed by atoms with Crippen LogP contribution in [0.15, 0.2) is 15.9 Å². The third-order valence-corrected chi connectivity index (χ3v) is 13.5. The van der Waals surface area contributed by atoms with E-state index in [4.69, 9.17) is 35.1 Å². The molecule has 312 valence electrons. The first-order chi connectivity index (χ1) is 26.1. The minimum atomic E-state index is -5.57. The Morgan fingerprint density at radius 2 is 1.59 bits per heavy atom. The lowest BCUT2D eigenvalue weighted by molar-refractivity contribution is -0.247. The van der Waals surface area contributed by atoms with E-state index >= 15 is 0 Å². The van der Waals surface area contributed by atoms with Gasteiger partial charge in [0.1, 0.15) is 48.9 Å². The van der Waals surface area contributed by atoms with Gasteiger partial charge in [-0.3, -0.25) is 28.6 Å². The molecule has 56 heavy (non-hydrogen) atoms. The molecule has 6 rings (SSSR count). The Bertz CT molecular complexity index is 2210. The van der Waals surface area contributed by atoms with Crippen LogP contribution in [0.2, 0.25) is 0 Å². The molecule has 3 aromatic rings. The van der Waals surface area contributed by atoms with E-state index in [1.165, 1.54) is 14.4 Å². The molecule has 2 saturated heterocycles. The molecule has 6 heterocycles. The number of nitrogens with two attached hydrogens (primary N) is 2. The van der Waals surface area contributed by atoms with Crippen molar-refractivity contribution < 1.29 is 76.0 Å².